The van der Waals surface area contributed by atoms with Gasteiger partial charge in [0.15, 0.2) is 0 Å². The Kier molecular flexibility index (Phi) is 4.36. The highest BCUT2D eigenvalue weighted by Crippen LogP contribution is 2.22. The van der Waals surface area contributed by atoms with Crippen LogP contribution in [0.15, 0.2) is 24.3 Å². The topological polar surface area (TPSA) is 101 Å². The monoisotopic (exact) mass is 319 g/mol. The van der Waals surface area contributed by atoms with Crippen LogP contribution in [0.25, 0.3) is 0 Å². The second-order valence-electron chi connectivity index (χ2n) is 4.86. The summed E-state index contributed by atoms with van der Waals surface area (Å²) in [5.74, 6) is -0.176. The minimum Gasteiger partial charge on any atom is -0.392 e. The maximum Gasteiger partial charge on any atom is 0.235 e. The van der Waals surface area contributed by atoms with Crippen LogP contribution >= 0.6 is 0 Å². The second-order valence-corrected chi connectivity index (χ2v) is 9.12. The van der Waals surface area contributed by atoms with Gasteiger partial charge in [-0.25, -0.2) is 16.8 Å². The Labute approximate surface area is 118 Å². The van der Waals surface area contributed by atoms with Crippen LogP contribution in [0.3, 0.4) is 0 Å². The molecule has 0 atom stereocenters. The van der Waals surface area contributed by atoms with Crippen molar-refractivity contribution >= 4 is 25.5 Å². The molecule has 1 aliphatic heterocycles. The van der Waals surface area contributed by atoms with Crippen molar-refractivity contribution in [3.05, 3.63) is 29.8 Å². The van der Waals surface area contributed by atoms with E-state index in [1.807, 2.05) is 0 Å². The Hall–Kier alpha value is -1.12. The van der Waals surface area contributed by atoms with Gasteiger partial charge in [0.25, 0.3) is 0 Å². The van der Waals surface area contributed by atoms with Crippen LogP contribution in [-0.2, 0) is 26.5 Å². The summed E-state index contributed by atoms with van der Waals surface area (Å²) in [7, 11) is -6.69. The van der Waals surface area contributed by atoms with E-state index < -0.39 is 25.1 Å². The largest absolute Gasteiger partial charge is 0.392 e. The lowest BCUT2D eigenvalue weighted by molar-refractivity contribution is 0.282. The summed E-state index contributed by atoms with van der Waals surface area (Å²) >= 11 is 0. The van der Waals surface area contributed by atoms with Gasteiger partial charge in [0.2, 0.25) is 10.0 Å². The standard InChI is InChI=1S/C12H17NO5S2/c14-9-10-2-1-3-11(8-10)13-20(17,18)12-4-6-19(15,16)7-5-12/h1-3,8,12-14H,4-7,9H2. The van der Waals surface area contributed by atoms with Gasteiger partial charge in [-0.15, -0.1) is 0 Å². The number of hydrogen-bond donors (Lipinski definition) is 2. The Morgan fingerprint density at radius 1 is 1.25 bits per heavy atom. The molecule has 0 bridgehead atoms. The van der Waals surface area contributed by atoms with E-state index in [0.717, 1.165) is 0 Å². The second kappa shape index (κ2) is 5.71. The van der Waals surface area contributed by atoms with Gasteiger partial charge in [0.1, 0.15) is 9.84 Å². The summed E-state index contributed by atoms with van der Waals surface area (Å²) in [5, 5.41) is 8.33. The summed E-state index contributed by atoms with van der Waals surface area (Å²) in [6.45, 7) is -0.169. The van der Waals surface area contributed by atoms with Gasteiger partial charge in [-0.1, -0.05) is 12.1 Å². The van der Waals surface area contributed by atoms with Gasteiger partial charge >= 0.3 is 0 Å². The maximum absolute atomic E-state index is 12.2. The molecule has 1 aromatic rings. The Balaban J connectivity index is 2.11. The zero-order valence-electron chi connectivity index (χ0n) is 10.8. The van der Waals surface area contributed by atoms with Crippen molar-refractivity contribution in [3.63, 3.8) is 0 Å². The van der Waals surface area contributed by atoms with Crippen molar-refractivity contribution < 1.29 is 21.9 Å². The number of aliphatic hydroxyl groups excluding tert-OH is 1. The fourth-order valence-electron chi connectivity index (χ4n) is 2.16. The highest BCUT2D eigenvalue weighted by atomic mass is 32.2. The molecule has 0 amide bonds. The molecule has 20 heavy (non-hydrogen) atoms. The van der Waals surface area contributed by atoms with Gasteiger partial charge in [0, 0.05) is 5.69 Å². The van der Waals surface area contributed by atoms with Gasteiger partial charge in [-0.2, -0.15) is 0 Å². The number of rotatable bonds is 4. The number of aliphatic hydroxyl groups is 1. The van der Waals surface area contributed by atoms with Crippen LogP contribution in [0.5, 0.6) is 0 Å². The highest BCUT2D eigenvalue weighted by molar-refractivity contribution is 7.94. The van der Waals surface area contributed by atoms with E-state index in [9.17, 15) is 16.8 Å². The average molecular weight is 319 g/mol. The van der Waals surface area contributed by atoms with Crippen LogP contribution in [0.1, 0.15) is 18.4 Å². The summed E-state index contributed by atoms with van der Waals surface area (Å²) in [6.07, 6.45) is 0.245. The molecule has 0 saturated carbocycles. The SMILES string of the molecule is O=S1(=O)CCC(S(=O)(=O)Nc2cccc(CO)c2)CC1. The molecular formula is C12H17NO5S2. The lowest BCUT2D eigenvalue weighted by Crippen LogP contribution is -2.36. The molecule has 0 aliphatic carbocycles. The first-order valence-electron chi connectivity index (χ1n) is 6.24. The lowest BCUT2D eigenvalue weighted by Gasteiger charge is -2.22. The van der Waals surface area contributed by atoms with Crippen LogP contribution in [0, 0.1) is 0 Å². The first kappa shape index (κ1) is 15.3. The van der Waals surface area contributed by atoms with E-state index >= 15 is 0 Å². The number of sulfone groups is 1. The minimum atomic E-state index is -3.61. The van der Waals surface area contributed by atoms with Gasteiger partial charge in [-0.05, 0) is 30.5 Å². The fourth-order valence-corrected chi connectivity index (χ4v) is 5.43. The molecule has 6 nitrogen and oxygen atoms in total. The third-order valence-corrected chi connectivity index (χ3v) is 6.89. The molecule has 0 unspecified atom stereocenters. The zero-order valence-corrected chi connectivity index (χ0v) is 12.5. The fraction of sp³-hybridized carbons (Fsp3) is 0.500. The summed E-state index contributed by atoms with van der Waals surface area (Å²) < 4.78 is 49.5. The molecule has 2 N–H and O–H groups in total. The molecule has 1 aliphatic rings. The zero-order chi connectivity index (χ0) is 14.8. The molecule has 0 aromatic heterocycles. The van der Waals surface area contributed by atoms with Crippen LogP contribution in [0.2, 0.25) is 0 Å². The van der Waals surface area contributed by atoms with Crippen molar-refractivity contribution in [2.24, 2.45) is 0 Å². The first-order valence-corrected chi connectivity index (χ1v) is 9.61. The molecule has 0 radical (unpaired) electrons. The summed E-state index contributed by atoms with van der Waals surface area (Å²) in [4.78, 5) is 0. The Bertz CT molecular complexity index is 668. The molecule has 0 spiro atoms. The van der Waals surface area contributed by atoms with Crippen LogP contribution < -0.4 is 4.72 Å². The number of anilines is 1. The molecule has 1 fully saturated rings. The van der Waals surface area contributed by atoms with E-state index in [4.69, 9.17) is 5.11 Å². The van der Waals surface area contributed by atoms with Gasteiger partial charge in [-0.3, -0.25) is 4.72 Å². The van der Waals surface area contributed by atoms with Crippen molar-refractivity contribution in [1.82, 2.24) is 0 Å². The normalized spacial score (nSPS) is 19.6. The van der Waals surface area contributed by atoms with E-state index in [0.29, 0.717) is 11.3 Å². The minimum absolute atomic E-state index is 0.0880. The van der Waals surface area contributed by atoms with Crippen LogP contribution in [0.4, 0.5) is 5.69 Å². The molecule has 8 heteroatoms. The molecule has 1 saturated heterocycles. The van der Waals surface area contributed by atoms with Crippen molar-refractivity contribution in [2.75, 3.05) is 16.2 Å². The van der Waals surface area contributed by atoms with E-state index in [-0.39, 0.29) is 31.0 Å². The van der Waals surface area contributed by atoms with Gasteiger partial charge < -0.3 is 5.11 Å². The Morgan fingerprint density at radius 3 is 2.50 bits per heavy atom. The smallest absolute Gasteiger partial charge is 0.235 e. The van der Waals surface area contributed by atoms with Crippen LogP contribution in [-0.4, -0.2) is 38.7 Å². The van der Waals surface area contributed by atoms with E-state index in [1.165, 1.54) is 0 Å². The van der Waals surface area contributed by atoms with E-state index in [1.54, 1.807) is 24.3 Å². The van der Waals surface area contributed by atoms with Crippen molar-refractivity contribution in [2.45, 2.75) is 24.7 Å². The molecule has 2 rings (SSSR count). The Morgan fingerprint density at radius 2 is 1.90 bits per heavy atom. The number of benzene rings is 1. The highest BCUT2D eigenvalue weighted by Gasteiger charge is 2.32. The molecule has 112 valence electrons. The average Bonchev–Trinajstić information content (AvgIpc) is 2.38. The quantitative estimate of drug-likeness (QED) is 0.841. The summed E-state index contributed by atoms with van der Waals surface area (Å²) in [5.41, 5.74) is 0.987. The number of sulfonamides is 1. The maximum atomic E-state index is 12.2. The van der Waals surface area contributed by atoms with E-state index in [2.05, 4.69) is 4.72 Å². The molecule has 1 heterocycles. The predicted octanol–water partition coefficient (Wildman–Crippen LogP) is 0.498. The third kappa shape index (κ3) is 3.71. The predicted molar refractivity (Wildman–Crippen MR) is 76.6 cm³/mol. The van der Waals surface area contributed by atoms with Gasteiger partial charge in [0.05, 0.1) is 23.4 Å². The van der Waals surface area contributed by atoms with Crippen molar-refractivity contribution in [1.29, 1.82) is 0 Å². The molecular weight excluding hydrogens is 302 g/mol. The number of nitrogens with one attached hydrogen (secondary N) is 1. The third-order valence-electron chi connectivity index (χ3n) is 3.31. The number of hydrogen-bond acceptors (Lipinski definition) is 5. The first-order chi connectivity index (χ1) is 9.32. The molecule has 1 aromatic carbocycles. The lowest BCUT2D eigenvalue weighted by atomic mass is 10.2. The van der Waals surface area contributed by atoms with Crippen molar-refractivity contribution in [3.8, 4) is 0 Å². The summed E-state index contributed by atoms with van der Waals surface area (Å²) in [6, 6.07) is 6.48.